The van der Waals surface area contributed by atoms with Gasteiger partial charge in [0.1, 0.15) is 5.75 Å². The first-order chi connectivity index (χ1) is 9.52. The van der Waals surface area contributed by atoms with Crippen molar-refractivity contribution in [1.82, 2.24) is 0 Å². The van der Waals surface area contributed by atoms with Gasteiger partial charge in [-0.05, 0) is 36.8 Å². The van der Waals surface area contributed by atoms with E-state index in [0.29, 0.717) is 11.4 Å². The normalized spacial score (nSPS) is 10.1. The summed E-state index contributed by atoms with van der Waals surface area (Å²) in [5.41, 5.74) is 7.38. The number of nitrogens with one attached hydrogen (secondary N) is 1. The molecule has 0 atom stereocenters. The predicted octanol–water partition coefficient (Wildman–Crippen LogP) is 2.54. The molecule has 0 saturated carbocycles. The zero-order chi connectivity index (χ0) is 14.7. The summed E-state index contributed by atoms with van der Waals surface area (Å²) in [7, 11) is 1.53. The minimum atomic E-state index is -0.446. The zero-order valence-corrected chi connectivity index (χ0v) is 11.3. The summed E-state index contributed by atoms with van der Waals surface area (Å²) in [6.45, 7) is 1.91. The third kappa shape index (κ3) is 2.66. The van der Waals surface area contributed by atoms with Crippen LogP contribution in [-0.2, 0) is 0 Å². The summed E-state index contributed by atoms with van der Waals surface area (Å²) in [5, 5.41) is 12.5. The lowest BCUT2D eigenvalue weighted by atomic mass is 10.1. The molecule has 0 aliphatic rings. The van der Waals surface area contributed by atoms with Crippen LogP contribution in [0.15, 0.2) is 36.4 Å². The highest BCUT2D eigenvalue weighted by atomic mass is 16.5. The molecule has 2 aromatic carbocycles. The molecule has 5 heteroatoms. The Kier molecular flexibility index (Phi) is 3.79. The SMILES string of the molecule is COc1ccc(C)cc1NC(=O)c1cccc(N)c1O. The molecule has 5 nitrogen and oxygen atoms in total. The smallest absolute Gasteiger partial charge is 0.259 e. The van der Waals surface area contributed by atoms with Gasteiger partial charge >= 0.3 is 0 Å². The van der Waals surface area contributed by atoms with E-state index in [2.05, 4.69) is 5.32 Å². The molecule has 0 saturated heterocycles. The van der Waals surface area contributed by atoms with E-state index in [1.165, 1.54) is 19.2 Å². The number of nitrogen functional groups attached to an aromatic ring is 1. The summed E-state index contributed by atoms with van der Waals surface area (Å²) in [6.07, 6.45) is 0. The van der Waals surface area contributed by atoms with Crippen LogP contribution in [0.25, 0.3) is 0 Å². The van der Waals surface area contributed by atoms with E-state index in [1.54, 1.807) is 18.2 Å². The van der Waals surface area contributed by atoms with Crippen molar-refractivity contribution in [2.75, 3.05) is 18.2 Å². The molecule has 0 aliphatic carbocycles. The van der Waals surface area contributed by atoms with Gasteiger partial charge in [0, 0.05) is 0 Å². The number of carbonyl (C=O) groups is 1. The molecular formula is C15H16N2O3. The van der Waals surface area contributed by atoms with Crippen molar-refractivity contribution in [3.63, 3.8) is 0 Å². The second-order valence-corrected chi connectivity index (χ2v) is 4.40. The van der Waals surface area contributed by atoms with Crippen molar-refractivity contribution in [3.8, 4) is 11.5 Å². The third-order valence-corrected chi connectivity index (χ3v) is 2.92. The van der Waals surface area contributed by atoms with Crippen LogP contribution in [0.4, 0.5) is 11.4 Å². The van der Waals surface area contributed by atoms with Gasteiger partial charge in [-0.15, -0.1) is 0 Å². The number of ether oxygens (including phenoxy) is 1. The van der Waals surface area contributed by atoms with Gasteiger partial charge in [-0.3, -0.25) is 4.79 Å². The van der Waals surface area contributed by atoms with Gasteiger partial charge in [0.25, 0.3) is 5.91 Å². The number of nitrogens with two attached hydrogens (primary N) is 1. The molecule has 0 heterocycles. The van der Waals surface area contributed by atoms with Crippen molar-refractivity contribution < 1.29 is 14.6 Å². The zero-order valence-electron chi connectivity index (χ0n) is 11.3. The summed E-state index contributed by atoms with van der Waals surface area (Å²) in [4.78, 5) is 12.2. The topological polar surface area (TPSA) is 84.6 Å². The monoisotopic (exact) mass is 272 g/mol. The first-order valence-electron chi connectivity index (χ1n) is 6.06. The Morgan fingerprint density at radius 3 is 2.75 bits per heavy atom. The molecule has 0 radical (unpaired) electrons. The van der Waals surface area contributed by atoms with Crippen molar-refractivity contribution in [1.29, 1.82) is 0 Å². The van der Waals surface area contributed by atoms with Crippen LogP contribution in [0.2, 0.25) is 0 Å². The first-order valence-corrected chi connectivity index (χ1v) is 6.06. The molecule has 0 unspecified atom stereocenters. The summed E-state index contributed by atoms with van der Waals surface area (Å²) < 4.78 is 5.19. The van der Waals surface area contributed by atoms with Crippen LogP contribution in [0.5, 0.6) is 11.5 Å². The van der Waals surface area contributed by atoms with Crippen molar-refractivity contribution in [2.24, 2.45) is 0 Å². The number of hydrogen-bond acceptors (Lipinski definition) is 4. The minimum Gasteiger partial charge on any atom is -0.505 e. The molecule has 0 spiro atoms. The average molecular weight is 272 g/mol. The largest absolute Gasteiger partial charge is 0.505 e. The van der Waals surface area contributed by atoms with Gasteiger partial charge in [0.05, 0.1) is 24.0 Å². The van der Waals surface area contributed by atoms with Gasteiger partial charge in [-0.2, -0.15) is 0 Å². The fourth-order valence-electron chi connectivity index (χ4n) is 1.85. The average Bonchev–Trinajstić information content (AvgIpc) is 2.42. The minimum absolute atomic E-state index is 0.119. The van der Waals surface area contributed by atoms with Crippen LogP contribution >= 0.6 is 0 Å². The van der Waals surface area contributed by atoms with Gasteiger partial charge in [0.15, 0.2) is 5.75 Å². The Morgan fingerprint density at radius 2 is 2.05 bits per heavy atom. The standard InChI is InChI=1S/C15H16N2O3/c1-9-6-7-13(20-2)12(8-9)17-15(19)10-4-3-5-11(16)14(10)18/h3-8,18H,16H2,1-2H3,(H,17,19). The van der Waals surface area contributed by atoms with Crippen LogP contribution in [0, 0.1) is 6.92 Å². The number of rotatable bonds is 3. The molecule has 4 N–H and O–H groups in total. The number of aromatic hydroxyl groups is 1. The van der Waals surface area contributed by atoms with Crippen molar-refractivity contribution in [3.05, 3.63) is 47.5 Å². The maximum atomic E-state index is 12.2. The van der Waals surface area contributed by atoms with Gasteiger partial charge < -0.3 is 20.9 Å². The lowest BCUT2D eigenvalue weighted by Gasteiger charge is -2.12. The predicted molar refractivity (Wildman–Crippen MR) is 78.2 cm³/mol. The molecule has 1 amide bonds. The highest BCUT2D eigenvalue weighted by Gasteiger charge is 2.15. The molecule has 0 aliphatic heterocycles. The highest BCUT2D eigenvalue weighted by molar-refractivity contribution is 6.07. The van der Waals surface area contributed by atoms with E-state index < -0.39 is 5.91 Å². The number of para-hydroxylation sites is 1. The summed E-state index contributed by atoms with van der Waals surface area (Å²) >= 11 is 0. The Balaban J connectivity index is 2.32. The molecule has 0 aromatic heterocycles. The highest BCUT2D eigenvalue weighted by Crippen LogP contribution is 2.28. The number of anilines is 2. The lowest BCUT2D eigenvalue weighted by molar-refractivity contribution is 0.102. The van der Waals surface area contributed by atoms with Crippen molar-refractivity contribution >= 4 is 17.3 Å². The van der Waals surface area contributed by atoms with E-state index in [9.17, 15) is 9.90 Å². The molecule has 0 bridgehead atoms. The van der Waals surface area contributed by atoms with E-state index in [4.69, 9.17) is 10.5 Å². The number of hydrogen-bond donors (Lipinski definition) is 3. The van der Waals surface area contributed by atoms with E-state index in [0.717, 1.165) is 5.56 Å². The van der Waals surface area contributed by atoms with Crippen LogP contribution in [0.1, 0.15) is 15.9 Å². The maximum absolute atomic E-state index is 12.2. The molecular weight excluding hydrogens is 256 g/mol. The van der Waals surface area contributed by atoms with Gasteiger partial charge in [-0.25, -0.2) is 0 Å². The number of phenols is 1. The van der Waals surface area contributed by atoms with Crippen LogP contribution in [-0.4, -0.2) is 18.1 Å². The molecule has 2 rings (SSSR count). The third-order valence-electron chi connectivity index (χ3n) is 2.92. The molecule has 0 fully saturated rings. The second kappa shape index (κ2) is 5.52. The number of carbonyl (C=O) groups excluding carboxylic acids is 1. The fraction of sp³-hybridized carbons (Fsp3) is 0.133. The van der Waals surface area contributed by atoms with E-state index in [1.807, 2.05) is 13.0 Å². The van der Waals surface area contributed by atoms with Crippen LogP contribution in [0.3, 0.4) is 0 Å². The number of phenolic OH excluding ortho intramolecular Hbond substituents is 1. The number of benzene rings is 2. The Morgan fingerprint density at radius 1 is 1.30 bits per heavy atom. The van der Waals surface area contributed by atoms with Crippen molar-refractivity contribution in [2.45, 2.75) is 6.92 Å². The molecule has 2 aromatic rings. The molecule has 104 valence electrons. The Labute approximate surface area is 117 Å². The lowest BCUT2D eigenvalue weighted by Crippen LogP contribution is -2.13. The Bertz CT molecular complexity index is 654. The first kappa shape index (κ1) is 13.7. The van der Waals surface area contributed by atoms with E-state index >= 15 is 0 Å². The number of methoxy groups -OCH3 is 1. The molecule has 20 heavy (non-hydrogen) atoms. The quantitative estimate of drug-likeness (QED) is 0.592. The Hall–Kier alpha value is -2.69. The number of amides is 1. The van der Waals surface area contributed by atoms with E-state index in [-0.39, 0.29) is 17.0 Å². The van der Waals surface area contributed by atoms with Gasteiger partial charge in [-0.1, -0.05) is 12.1 Å². The number of aryl methyl sites for hydroxylation is 1. The maximum Gasteiger partial charge on any atom is 0.259 e. The second-order valence-electron chi connectivity index (χ2n) is 4.40. The summed E-state index contributed by atoms with van der Waals surface area (Å²) in [5.74, 6) is -0.123. The van der Waals surface area contributed by atoms with Crippen LogP contribution < -0.4 is 15.8 Å². The van der Waals surface area contributed by atoms with Gasteiger partial charge in [0.2, 0.25) is 0 Å². The summed E-state index contributed by atoms with van der Waals surface area (Å²) in [6, 6.07) is 10.1. The fourth-order valence-corrected chi connectivity index (χ4v) is 1.85.